The highest BCUT2D eigenvalue weighted by atomic mass is 16.5. The number of rotatable bonds is 7. The Morgan fingerprint density at radius 2 is 2.19 bits per heavy atom. The van der Waals surface area contributed by atoms with Gasteiger partial charge in [-0.3, -0.25) is 4.90 Å². The Kier molecular flexibility index (Phi) is 5.96. The molecule has 0 saturated carbocycles. The van der Waals surface area contributed by atoms with E-state index in [1.807, 2.05) is 12.1 Å². The molecule has 0 amide bonds. The second-order valence-corrected chi connectivity index (χ2v) is 7.04. The van der Waals surface area contributed by atoms with Gasteiger partial charge in [0, 0.05) is 44.7 Å². The number of hydrogen-bond donors (Lipinski definition) is 1. The minimum absolute atomic E-state index is 0.218. The summed E-state index contributed by atoms with van der Waals surface area (Å²) in [4.78, 5) is 11.6. The quantitative estimate of drug-likeness (QED) is 0.741. The molecular weight excluding hydrogens is 346 g/mol. The summed E-state index contributed by atoms with van der Waals surface area (Å²) in [6.45, 7) is 4.11. The van der Waals surface area contributed by atoms with E-state index in [9.17, 15) is 0 Å². The third-order valence-corrected chi connectivity index (χ3v) is 5.31. The SMILES string of the molecule is COCCNc1cc(-c2noc([C@@H]3CCCN3C3CCOCC3)n2)ccn1. The molecule has 4 rings (SSSR count). The van der Waals surface area contributed by atoms with Gasteiger partial charge in [-0.15, -0.1) is 0 Å². The van der Waals surface area contributed by atoms with E-state index in [1.54, 1.807) is 13.3 Å². The van der Waals surface area contributed by atoms with E-state index in [-0.39, 0.29) is 6.04 Å². The Balaban J connectivity index is 1.47. The van der Waals surface area contributed by atoms with Gasteiger partial charge in [0.25, 0.3) is 0 Å². The van der Waals surface area contributed by atoms with E-state index in [1.165, 1.54) is 6.42 Å². The minimum atomic E-state index is 0.218. The fourth-order valence-corrected chi connectivity index (χ4v) is 3.94. The maximum Gasteiger partial charge on any atom is 0.244 e. The molecule has 2 aromatic heterocycles. The smallest absolute Gasteiger partial charge is 0.244 e. The number of anilines is 1. The summed E-state index contributed by atoms with van der Waals surface area (Å²) in [5.74, 6) is 2.11. The van der Waals surface area contributed by atoms with Crippen molar-refractivity contribution in [3.05, 3.63) is 24.2 Å². The third-order valence-electron chi connectivity index (χ3n) is 5.31. The summed E-state index contributed by atoms with van der Waals surface area (Å²) in [6.07, 6.45) is 6.16. The Labute approximate surface area is 159 Å². The summed E-state index contributed by atoms with van der Waals surface area (Å²) >= 11 is 0. The van der Waals surface area contributed by atoms with Gasteiger partial charge in [0.2, 0.25) is 11.7 Å². The van der Waals surface area contributed by atoms with Crippen molar-refractivity contribution in [3.63, 3.8) is 0 Å². The second-order valence-electron chi connectivity index (χ2n) is 7.04. The van der Waals surface area contributed by atoms with Crippen molar-refractivity contribution in [2.24, 2.45) is 0 Å². The fourth-order valence-electron chi connectivity index (χ4n) is 3.94. The number of methoxy groups -OCH3 is 1. The van der Waals surface area contributed by atoms with Crippen molar-refractivity contribution < 1.29 is 14.0 Å². The Morgan fingerprint density at radius 1 is 1.30 bits per heavy atom. The van der Waals surface area contributed by atoms with Crippen LogP contribution in [-0.2, 0) is 9.47 Å². The lowest BCUT2D eigenvalue weighted by atomic mass is 10.1. The summed E-state index contributed by atoms with van der Waals surface area (Å²) < 4.78 is 16.2. The summed E-state index contributed by atoms with van der Waals surface area (Å²) in [5, 5.41) is 7.46. The number of likely N-dealkylation sites (tertiary alicyclic amines) is 1. The van der Waals surface area contributed by atoms with Crippen LogP contribution in [0.4, 0.5) is 5.82 Å². The predicted octanol–water partition coefficient (Wildman–Crippen LogP) is 2.51. The van der Waals surface area contributed by atoms with Crippen LogP contribution >= 0.6 is 0 Å². The van der Waals surface area contributed by atoms with Crippen molar-refractivity contribution in [3.8, 4) is 11.4 Å². The Bertz CT molecular complexity index is 732. The monoisotopic (exact) mass is 373 g/mol. The largest absolute Gasteiger partial charge is 0.383 e. The number of aromatic nitrogens is 3. The van der Waals surface area contributed by atoms with Crippen LogP contribution in [0.25, 0.3) is 11.4 Å². The molecule has 27 heavy (non-hydrogen) atoms. The molecule has 0 aliphatic carbocycles. The van der Waals surface area contributed by atoms with Gasteiger partial charge in [0.05, 0.1) is 12.6 Å². The van der Waals surface area contributed by atoms with Crippen LogP contribution in [0.5, 0.6) is 0 Å². The van der Waals surface area contributed by atoms with Crippen molar-refractivity contribution in [1.29, 1.82) is 0 Å². The molecule has 0 radical (unpaired) electrons. The number of hydrogen-bond acceptors (Lipinski definition) is 8. The molecular formula is C19H27N5O3. The van der Waals surface area contributed by atoms with Crippen LogP contribution in [0.15, 0.2) is 22.9 Å². The van der Waals surface area contributed by atoms with Crippen LogP contribution < -0.4 is 5.32 Å². The van der Waals surface area contributed by atoms with Gasteiger partial charge in [-0.05, 0) is 44.4 Å². The molecule has 4 heterocycles. The van der Waals surface area contributed by atoms with E-state index >= 15 is 0 Å². The van der Waals surface area contributed by atoms with Crippen LogP contribution in [0.3, 0.4) is 0 Å². The highest BCUT2D eigenvalue weighted by Gasteiger charge is 2.36. The number of nitrogens with one attached hydrogen (secondary N) is 1. The van der Waals surface area contributed by atoms with Gasteiger partial charge in [0.1, 0.15) is 5.82 Å². The van der Waals surface area contributed by atoms with Crippen LogP contribution in [0.1, 0.15) is 37.6 Å². The van der Waals surface area contributed by atoms with Gasteiger partial charge in [-0.1, -0.05) is 5.16 Å². The molecule has 0 bridgehead atoms. The second kappa shape index (κ2) is 8.77. The average Bonchev–Trinajstić information content (AvgIpc) is 3.39. The first-order chi connectivity index (χ1) is 13.3. The minimum Gasteiger partial charge on any atom is -0.383 e. The Morgan fingerprint density at radius 3 is 3.04 bits per heavy atom. The van der Waals surface area contributed by atoms with E-state index in [4.69, 9.17) is 19.0 Å². The summed E-state index contributed by atoms with van der Waals surface area (Å²) in [6, 6.07) is 4.62. The molecule has 8 nitrogen and oxygen atoms in total. The van der Waals surface area contributed by atoms with Gasteiger partial charge in [0.15, 0.2) is 0 Å². The molecule has 2 fully saturated rings. The van der Waals surface area contributed by atoms with Gasteiger partial charge < -0.3 is 19.3 Å². The molecule has 2 saturated heterocycles. The Hall–Kier alpha value is -2.03. The maximum atomic E-state index is 5.67. The molecule has 0 aromatic carbocycles. The molecule has 0 spiro atoms. The predicted molar refractivity (Wildman–Crippen MR) is 100 cm³/mol. The molecule has 8 heteroatoms. The lowest BCUT2D eigenvalue weighted by molar-refractivity contribution is 0.0243. The molecule has 2 aliphatic heterocycles. The average molecular weight is 373 g/mol. The topological polar surface area (TPSA) is 85.5 Å². The zero-order chi connectivity index (χ0) is 18.5. The zero-order valence-corrected chi connectivity index (χ0v) is 15.8. The van der Waals surface area contributed by atoms with E-state index in [0.29, 0.717) is 25.0 Å². The van der Waals surface area contributed by atoms with E-state index < -0.39 is 0 Å². The standard InChI is InChI=1S/C19H27N5O3/c1-25-12-8-21-17-13-14(4-7-20-17)18-22-19(27-23-18)16-3-2-9-24(16)15-5-10-26-11-6-15/h4,7,13,15-16H,2-3,5-6,8-12H2,1H3,(H,20,21)/t16-/m0/s1. The summed E-state index contributed by atoms with van der Waals surface area (Å²) in [7, 11) is 1.68. The molecule has 0 unspecified atom stereocenters. The number of nitrogens with zero attached hydrogens (tertiary/aromatic N) is 4. The first kappa shape index (κ1) is 18.3. The van der Waals surface area contributed by atoms with Crippen molar-refractivity contribution in [1.82, 2.24) is 20.0 Å². The van der Waals surface area contributed by atoms with Crippen molar-refractivity contribution >= 4 is 5.82 Å². The number of ether oxygens (including phenoxy) is 2. The van der Waals surface area contributed by atoms with Crippen molar-refractivity contribution in [2.45, 2.75) is 37.8 Å². The van der Waals surface area contributed by atoms with E-state index in [2.05, 4.69) is 20.4 Å². The lowest BCUT2D eigenvalue weighted by Gasteiger charge is -2.33. The highest BCUT2D eigenvalue weighted by Crippen LogP contribution is 2.35. The zero-order valence-electron chi connectivity index (χ0n) is 15.8. The van der Waals surface area contributed by atoms with Crippen molar-refractivity contribution in [2.75, 3.05) is 45.3 Å². The van der Waals surface area contributed by atoms with Gasteiger partial charge in [-0.2, -0.15) is 4.98 Å². The lowest BCUT2D eigenvalue weighted by Crippen LogP contribution is -2.39. The normalized spacial score (nSPS) is 21.6. The van der Waals surface area contributed by atoms with Crippen LogP contribution in [-0.4, -0.2) is 66.1 Å². The molecule has 146 valence electrons. The molecule has 2 aliphatic rings. The van der Waals surface area contributed by atoms with Crippen LogP contribution in [0.2, 0.25) is 0 Å². The fraction of sp³-hybridized carbons (Fsp3) is 0.632. The highest BCUT2D eigenvalue weighted by molar-refractivity contribution is 5.58. The van der Waals surface area contributed by atoms with Gasteiger partial charge >= 0.3 is 0 Å². The first-order valence-electron chi connectivity index (χ1n) is 9.71. The molecule has 1 atom stereocenters. The first-order valence-corrected chi connectivity index (χ1v) is 9.71. The number of pyridine rings is 1. The van der Waals surface area contributed by atoms with Gasteiger partial charge in [-0.25, -0.2) is 4.98 Å². The molecule has 1 N–H and O–H groups in total. The molecule has 2 aromatic rings. The van der Waals surface area contributed by atoms with Crippen LogP contribution in [0, 0.1) is 0 Å². The van der Waals surface area contributed by atoms with E-state index in [0.717, 1.165) is 56.3 Å². The summed E-state index contributed by atoms with van der Waals surface area (Å²) in [5.41, 5.74) is 0.899. The maximum absolute atomic E-state index is 5.67. The third kappa shape index (κ3) is 4.28.